The van der Waals surface area contributed by atoms with Gasteiger partial charge in [0.25, 0.3) is 0 Å². The van der Waals surface area contributed by atoms with E-state index >= 15 is 0 Å². The number of hydrogen-bond donors (Lipinski definition) is 1. The normalized spacial score (nSPS) is 9.58. The first-order chi connectivity index (χ1) is 5.77. The minimum absolute atomic E-state index is 0.0953. The Hall–Kier alpha value is 1.46. The van der Waals surface area contributed by atoms with E-state index in [2.05, 4.69) is 37.1 Å². The Kier molecular flexibility index (Phi) is 36.4. The molecule has 0 saturated carbocycles. The first kappa shape index (κ1) is 19.1. The molecule has 0 aromatic rings. The standard InChI is InChI=1S/C5H12N.2CH4S.CH3.Sn/c1-3-4-5(2)6;2*1-2;;/h5H,1,3-4,6H2,2H3;2*2H,1H3;1H3;/q;;;;+2/p-2. The van der Waals surface area contributed by atoms with Crippen LogP contribution in [0.3, 0.4) is 0 Å². The van der Waals surface area contributed by atoms with Crippen molar-refractivity contribution in [3.63, 3.8) is 0 Å². The molecule has 0 saturated heterocycles. The summed E-state index contributed by atoms with van der Waals surface area (Å²) in [5.74, 6) is 0. The molecule has 0 spiro atoms. The van der Waals surface area contributed by atoms with E-state index in [4.69, 9.17) is 5.73 Å². The van der Waals surface area contributed by atoms with Crippen LogP contribution < -0.4 is 5.73 Å². The molecule has 0 fully saturated rings. The summed E-state index contributed by atoms with van der Waals surface area (Å²) in [6, 6.07) is 0.431. The second-order valence-corrected chi connectivity index (χ2v) is 5.67. The first-order valence-corrected chi connectivity index (χ1v) is 10.5. The van der Waals surface area contributed by atoms with Gasteiger partial charge in [-0.2, -0.15) is 12.5 Å². The Morgan fingerprint density at radius 1 is 1.25 bits per heavy atom. The maximum absolute atomic E-state index is 5.55. The molecule has 0 amide bonds. The summed E-state index contributed by atoms with van der Waals surface area (Å²) in [6.45, 7) is 2.08. The van der Waals surface area contributed by atoms with Crippen LogP contribution in [0, 0.1) is 0 Å². The van der Waals surface area contributed by atoms with Gasteiger partial charge in [-0.1, -0.05) is 0 Å². The second-order valence-electron chi connectivity index (χ2n) is 2.22. The molecule has 1 nitrogen and oxygen atoms in total. The van der Waals surface area contributed by atoms with E-state index in [0.29, 0.717) is 6.04 Å². The van der Waals surface area contributed by atoms with Crippen molar-refractivity contribution in [1.29, 1.82) is 0 Å². The Balaban J connectivity index is -0.000000175. The van der Waals surface area contributed by atoms with Gasteiger partial charge in [-0.3, -0.25) is 0 Å². The van der Waals surface area contributed by atoms with Gasteiger partial charge in [0.15, 0.2) is 0 Å². The Morgan fingerprint density at radius 3 is 1.92 bits per heavy atom. The predicted octanol–water partition coefficient (Wildman–Crippen LogP) is 1.61. The summed E-state index contributed by atoms with van der Waals surface area (Å²) in [5.41, 5.74) is 5.55. The van der Waals surface area contributed by atoms with Gasteiger partial charge in [-0.25, -0.2) is 0 Å². The molecule has 0 rings (SSSR count). The maximum atomic E-state index is 5.55. The summed E-state index contributed by atoms with van der Waals surface area (Å²) >= 11 is 8.26. The van der Waals surface area contributed by atoms with Gasteiger partial charge >= 0.3 is 62.1 Å². The molecule has 12 heavy (non-hydrogen) atoms. The SMILES string of the molecule is C[S-].C[S-].[CH3][Sn+2][CH2]CCC(C)N. The second kappa shape index (κ2) is 22.9. The van der Waals surface area contributed by atoms with Crippen molar-refractivity contribution in [2.45, 2.75) is 35.2 Å². The number of rotatable bonds is 4. The quantitative estimate of drug-likeness (QED) is 0.485. The van der Waals surface area contributed by atoms with Crippen molar-refractivity contribution < 1.29 is 0 Å². The number of nitrogens with two attached hydrogens (primary N) is 1. The van der Waals surface area contributed by atoms with Gasteiger partial charge in [0, 0.05) is 0 Å². The van der Waals surface area contributed by atoms with Crippen LogP contribution in [-0.4, -0.2) is 39.7 Å². The zero-order valence-corrected chi connectivity index (χ0v) is 13.1. The monoisotopic (exact) mass is 315 g/mol. The third-order valence-corrected chi connectivity index (χ3v) is 3.52. The van der Waals surface area contributed by atoms with Crippen molar-refractivity contribution >= 4 is 46.4 Å². The summed E-state index contributed by atoms with van der Waals surface area (Å²) in [5, 5.41) is 0. The molecular formula is C8H21NS2Sn. The molecule has 2 N–H and O–H groups in total. The summed E-state index contributed by atoms with van der Waals surface area (Å²) in [4.78, 5) is 2.38. The van der Waals surface area contributed by atoms with E-state index in [1.807, 2.05) is 0 Å². The molecule has 0 heterocycles. The zero-order valence-electron chi connectivity index (χ0n) is 8.59. The third-order valence-electron chi connectivity index (χ3n) is 1.09. The molecule has 74 valence electrons. The number of hydrogen-bond acceptors (Lipinski definition) is 3. The van der Waals surface area contributed by atoms with Crippen molar-refractivity contribution in [2.24, 2.45) is 5.73 Å². The summed E-state index contributed by atoms with van der Waals surface area (Å²) < 4.78 is 1.50. The van der Waals surface area contributed by atoms with Crippen LogP contribution in [0.5, 0.6) is 0 Å². The fourth-order valence-corrected chi connectivity index (χ4v) is 2.19. The molecule has 1 unspecified atom stereocenters. The average Bonchev–Trinajstić information content (AvgIpc) is 2.12. The van der Waals surface area contributed by atoms with Crippen molar-refractivity contribution in [1.82, 2.24) is 0 Å². The fourth-order valence-electron chi connectivity index (χ4n) is 0.601. The van der Waals surface area contributed by atoms with Gasteiger partial charge in [0.1, 0.15) is 0 Å². The van der Waals surface area contributed by atoms with E-state index in [-0.39, 0.29) is 21.1 Å². The van der Waals surface area contributed by atoms with E-state index < -0.39 is 0 Å². The molecule has 0 aliphatic rings. The molecule has 1 atom stereocenters. The van der Waals surface area contributed by atoms with Crippen LogP contribution in [0.2, 0.25) is 9.38 Å². The van der Waals surface area contributed by atoms with Crippen molar-refractivity contribution in [3.05, 3.63) is 0 Å². The molecule has 0 aliphatic carbocycles. The zero-order chi connectivity index (χ0) is 10.4. The van der Waals surface area contributed by atoms with E-state index in [9.17, 15) is 0 Å². The Morgan fingerprint density at radius 2 is 1.67 bits per heavy atom. The molecule has 0 aromatic heterocycles. The van der Waals surface area contributed by atoms with Crippen LogP contribution >= 0.6 is 0 Å². The van der Waals surface area contributed by atoms with Crippen LogP contribution in [0.15, 0.2) is 0 Å². The molecule has 0 aliphatic heterocycles. The van der Waals surface area contributed by atoms with Gasteiger partial charge < -0.3 is 25.3 Å². The van der Waals surface area contributed by atoms with Crippen LogP contribution in [-0.2, 0) is 25.3 Å². The van der Waals surface area contributed by atoms with Crippen LogP contribution in [0.25, 0.3) is 0 Å². The molecule has 0 radical (unpaired) electrons. The van der Waals surface area contributed by atoms with Gasteiger partial charge in [0.05, 0.1) is 0 Å². The topological polar surface area (TPSA) is 26.0 Å². The van der Waals surface area contributed by atoms with Crippen molar-refractivity contribution in [2.75, 3.05) is 12.5 Å². The molecule has 4 heteroatoms. The van der Waals surface area contributed by atoms with Gasteiger partial charge in [-0.15, -0.1) is 0 Å². The van der Waals surface area contributed by atoms with E-state index in [1.165, 1.54) is 17.3 Å². The van der Waals surface area contributed by atoms with E-state index in [0.717, 1.165) is 0 Å². The Labute approximate surface area is 99.3 Å². The predicted molar refractivity (Wildman–Crippen MR) is 65.9 cm³/mol. The minimum atomic E-state index is 0.0953. The molecular weight excluding hydrogens is 293 g/mol. The summed E-state index contributed by atoms with van der Waals surface area (Å²) in [7, 11) is 0. The van der Waals surface area contributed by atoms with Crippen LogP contribution in [0.4, 0.5) is 0 Å². The third kappa shape index (κ3) is 30.0. The molecule has 0 bridgehead atoms. The van der Waals surface area contributed by atoms with Gasteiger partial charge in [-0.05, 0) is 0 Å². The Bertz CT molecular complexity index is 54.3. The van der Waals surface area contributed by atoms with Crippen LogP contribution in [0.1, 0.15) is 19.8 Å². The van der Waals surface area contributed by atoms with Gasteiger partial charge in [0.2, 0.25) is 0 Å². The molecule has 0 aromatic carbocycles. The fraction of sp³-hybridized carbons (Fsp3) is 1.00. The average molecular weight is 314 g/mol. The van der Waals surface area contributed by atoms with Crippen molar-refractivity contribution in [3.8, 4) is 0 Å². The summed E-state index contributed by atoms with van der Waals surface area (Å²) in [6.07, 6.45) is 5.77. The first-order valence-electron chi connectivity index (χ1n) is 3.99. The van der Waals surface area contributed by atoms with E-state index in [1.54, 1.807) is 12.5 Å².